The van der Waals surface area contributed by atoms with Crippen molar-refractivity contribution in [2.45, 2.75) is 32.1 Å². The van der Waals surface area contributed by atoms with Gasteiger partial charge in [-0.15, -0.1) is 5.10 Å². The third-order valence-corrected chi connectivity index (χ3v) is 2.06. The topological polar surface area (TPSA) is 70.7 Å². The molecular weight excluding hydrogens is 256 g/mol. The molecule has 0 spiro atoms. The van der Waals surface area contributed by atoms with Crippen molar-refractivity contribution in [3.8, 4) is 0 Å². The predicted molar refractivity (Wildman–Crippen MR) is 53.8 cm³/mol. The van der Waals surface area contributed by atoms with E-state index in [9.17, 15) is 22.4 Å². The van der Waals surface area contributed by atoms with Crippen LogP contribution in [0.2, 0.25) is 0 Å². The first-order valence-corrected chi connectivity index (χ1v) is 5.10. The van der Waals surface area contributed by atoms with Gasteiger partial charge in [-0.05, 0) is 0 Å². The van der Waals surface area contributed by atoms with Gasteiger partial charge in [0.15, 0.2) is 0 Å². The minimum absolute atomic E-state index is 0.0263. The molecule has 1 aromatic heterocycles. The van der Waals surface area contributed by atoms with Gasteiger partial charge in [0.25, 0.3) is 5.91 Å². The fourth-order valence-corrected chi connectivity index (χ4v) is 0.988. The maximum absolute atomic E-state index is 12.5. The van der Waals surface area contributed by atoms with Crippen molar-refractivity contribution in [1.29, 1.82) is 0 Å². The van der Waals surface area contributed by atoms with Crippen molar-refractivity contribution in [1.82, 2.24) is 20.5 Å². The lowest BCUT2D eigenvalue weighted by Crippen LogP contribution is -2.41. The van der Waals surface area contributed by atoms with Crippen molar-refractivity contribution in [3.05, 3.63) is 11.6 Å². The molecule has 0 fully saturated rings. The summed E-state index contributed by atoms with van der Waals surface area (Å²) in [6.45, 7) is 2.11. The van der Waals surface area contributed by atoms with E-state index in [2.05, 4.69) is 15.2 Å². The second kappa shape index (κ2) is 5.32. The molecule has 102 valence electrons. The summed E-state index contributed by atoms with van der Waals surface area (Å²) in [4.78, 5) is 15.1. The highest BCUT2D eigenvalue weighted by atomic mass is 19.3. The third kappa shape index (κ3) is 3.41. The van der Waals surface area contributed by atoms with Gasteiger partial charge in [-0.3, -0.25) is 9.89 Å². The second-order valence-corrected chi connectivity index (χ2v) is 3.94. The molecule has 0 bridgehead atoms. The number of halogens is 4. The Kier molecular flexibility index (Phi) is 4.25. The molecule has 18 heavy (non-hydrogen) atoms. The van der Waals surface area contributed by atoms with E-state index in [-0.39, 0.29) is 11.7 Å². The fraction of sp³-hybridized carbons (Fsp3) is 0.667. The largest absolute Gasteiger partial charge is 0.343 e. The highest BCUT2D eigenvalue weighted by molar-refractivity contribution is 5.90. The summed E-state index contributed by atoms with van der Waals surface area (Å²) in [6, 6.07) is 0. The van der Waals surface area contributed by atoms with E-state index < -0.39 is 24.8 Å². The number of rotatable bonds is 5. The van der Waals surface area contributed by atoms with Crippen LogP contribution in [-0.2, 0) is 0 Å². The first-order valence-electron chi connectivity index (χ1n) is 5.10. The predicted octanol–water partition coefficient (Wildman–Crippen LogP) is 1.56. The highest BCUT2D eigenvalue weighted by Crippen LogP contribution is 2.21. The number of H-pyrrole nitrogens is 1. The van der Waals surface area contributed by atoms with Gasteiger partial charge in [0.1, 0.15) is 5.82 Å². The van der Waals surface area contributed by atoms with Crippen LogP contribution in [0.3, 0.4) is 0 Å². The van der Waals surface area contributed by atoms with E-state index in [1.54, 1.807) is 19.2 Å². The number of nitrogens with one attached hydrogen (secondary N) is 2. The van der Waals surface area contributed by atoms with E-state index >= 15 is 0 Å². The Labute approximate surface area is 100.0 Å². The van der Waals surface area contributed by atoms with Gasteiger partial charge in [0.05, 0.1) is 6.54 Å². The number of alkyl halides is 4. The van der Waals surface area contributed by atoms with Gasteiger partial charge in [-0.2, -0.15) is 8.78 Å². The van der Waals surface area contributed by atoms with Gasteiger partial charge in [-0.25, -0.2) is 13.8 Å². The Morgan fingerprint density at radius 3 is 2.50 bits per heavy atom. The summed E-state index contributed by atoms with van der Waals surface area (Å²) in [5.74, 6) is -5.28. The minimum atomic E-state index is -4.27. The average molecular weight is 268 g/mol. The molecule has 0 radical (unpaired) electrons. The summed E-state index contributed by atoms with van der Waals surface area (Å²) in [5.41, 5.74) is 0. The quantitative estimate of drug-likeness (QED) is 0.796. The molecule has 0 aliphatic carbocycles. The molecule has 1 rings (SSSR count). The van der Waals surface area contributed by atoms with Crippen LogP contribution in [0.25, 0.3) is 0 Å². The monoisotopic (exact) mass is 268 g/mol. The lowest BCUT2D eigenvalue weighted by Gasteiger charge is -2.14. The van der Waals surface area contributed by atoms with Crippen LogP contribution < -0.4 is 5.32 Å². The van der Waals surface area contributed by atoms with Crippen LogP contribution in [-0.4, -0.2) is 40.0 Å². The average Bonchev–Trinajstić information content (AvgIpc) is 2.75. The van der Waals surface area contributed by atoms with E-state index in [4.69, 9.17) is 0 Å². The molecular formula is C9H12F4N4O. The number of nitrogens with zero attached hydrogens (tertiary/aromatic N) is 2. The van der Waals surface area contributed by atoms with Crippen LogP contribution >= 0.6 is 0 Å². The van der Waals surface area contributed by atoms with Gasteiger partial charge >= 0.3 is 12.3 Å². The van der Waals surface area contributed by atoms with Crippen molar-refractivity contribution in [3.63, 3.8) is 0 Å². The number of hydrogen-bond donors (Lipinski definition) is 2. The molecule has 0 aliphatic rings. The Morgan fingerprint density at radius 2 is 2.06 bits per heavy atom. The maximum Gasteiger partial charge on any atom is 0.324 e. The normalized spacial score (nSPS) is 12.2. The number of amides is 1. The Hall–Kier alpha value is -1.67. The summed E-state index contributed by atoms with van der Waals surface area (Å²) in [5, 5.41) is 7.61. The summed E-state index contributed by atoms with van der Waals surface area (Å²) < 4.78 is 48.8. The molecule has 0 aliphatic heterocycles. The Morgan fingerprint density at radius 1 is 1.44 bits per heavy atom. The van der Waals surface area contributed by atoms with Gasteiger partial charge in [0, 0.05) is 5.92 Å². The molecule has 2 N–H and O–H groups in total. The summed E-state index contributed by atoms with van der Waals surface area (Å²) in [6.07, 6.45) is -3.84. The third-order valence-electron chi connectivity index (χ3n) is 2.06. The molecule has 0 aromatic carbocycles. The molecule has 0 atom stereocenters. The Balaban J connectivity index is 2.60. The van der Waals surface area contributed by atoms with Crippen LogP contribution in [0.1, 0.15) is 36.2 Å². The SMILES string of the molecule is CC(C)c1nc(C(=O)NCC(F)(F)C(F)F)n[nH]1. The molecule has 0 unspecified atom stereocenters. The van der Waals surface area contributed by atoms with Crippen molar-refractivity contribution in [2.24, 2.45) is 0 Å². The highest BCUT2D eigenvalue weighted by Gasteiger charge is 2.41. The zero-order valence-electron chi connectivity index (χ0n) is 9.68. The molecule has 1 aromatic rings. The standard InChI is InChI=1S/C9H12F4N4O/c1-4(2)5-15-6(17-16-5)7(18)14-3-9(12,13)8(10)11/h4,8H,3H2,1-2H3,(H,14,18)(H,15,16,17). The van der Waals surface area contributed by atoms with E-state index in [1.165, 1.54) is 0 Å². The smallest absolute Gasteiger partial charge is 0.324 e. The lowest BCUT2D eigenvalue weighted by atomic mass is 10.2. The van der Waals surface area contributed by atoms with Crippen molar-refractivity contribution in [2.75, 3.05) is 6.54 Å². The van der Waals surface area contributed by atoms with Gasteiger partial charge in [-0.1, -0.05) is 13.8 Å². The van der Waals surface area contributed by atoms with Crippen LogP contribution in [0.15, 0.2) is 0 Å². The first kappa shape index (κ1) is 14.4. The fourth-order valence-electron chi connectivity index (χ4n) is 0.988. The van der Waals surface area contributed by atoms with Gasteiger partial charge in [0.2, 0.25) is 5.82 Å². The first-order chi connectivity index (χ1) is 8.24. The molecule has 0 saturated carbocycles. The molecule has 9 heteroatoms. The van der Waals surface area contributed by atoms with Crippen LogP contribution in [0.5, 0.6) is 0 Å². The zero-order valence-corrected chi connectivity index (χ0v) is 9.68. The number of aromatic nitrogens is 3. The van der Waals surface area contributed by atoms with Crippen molar-refractivity contribution < 1.29 is 22.4 Å². The lowest BCUT2D eigenvalue weighted by molar-refractivity contribution is -0.123. The number of aromatic amines is 1. The second-order valence-electron chi connectivity index (χ2n) is 3.94. The maximum atomic E-state index is 12.5. The van der Waals surface area contributed by atoms with E-state index in [0.717, 1.165) is 0 Å². The summed E-state index contributed by atoms with van der Waals surface area (Å²) in [7, 11) is 0. The molecule has 0 saturated heterocycles. The van der Waals surface area contributed by atoms with Crippen molar-refractivity contribution >= 4 is 5.91 Å². The zero-order chi connectivity index (χ0) is 13.9. The number of carbonyl (C=O) groups is 1. The number of hydrogen-bond acceptors (Lipinski definition) is 3. The minimum Gasteiger partial charge on any atom is -0.343 e. The summed E-state index contributed by atoms with van der Waals surface area (Å²) >= 11 is 0. The van der Waals surface area contributed by atoms with Crippen LogP contribution in [0.4, 0.5) is 17.6 Å². The van der Waals surface area contributed by atoms with E-state index in [0.29, 0.717) is 5.82 Å². The van der Waals surface area contributed by atoms with Crippen LogP contribution in [0, 0.1) is 0 Å². The molecule has 1 amide bonds. The number of carbonyl (C=O) groups excluding carboxylic acids is 1. The van der Waals surface area contributed by atoms with Gasteiger partial charge < -0.3 is 5.32 Å². The van der Waals surface area contributed by atoms with E-state index in [1.807, 2.05) is 0 Å². The Bertz CT molecular complexity index is 418. The molecule has 1 heterocycles. The molecule has 5 nitrogen and oxygen atoms in total.